The molecule has 6 heterocycles. The van der Waals surface area contributed by atoms with Crippen molar-refractivity contribution < 1.29 is 46.8 Å². The summed E-state index contributed by atoms with van der Waals surface area (Å²) in [7, 11) is -3.90. The van der Waals surface area contributed by atoms with Crippen molar-refractivity contribution in [2.24, 2.45) is 0 Å². The second-order valence-corrected chi connectivity index (χ2v) is 12.0. The van der Waals surface area contributed by atoms with Crippen molar-refractivity contribution in [2.75, 3.05) is 6.61 Å². The van der Waals surface area contributed by atoms with Gasteiger partial charge in [0, 0.05) is 0 Å². The molecule has 42 heavy (non-hydrogen) atoms. The molecule has 0 aromatic heterocycles. The molecule has 10 nitrogen and oxygen atoms in total. The third kappa shape index (κ3) is 3.64. The maximum absolute atomic E-state index is 13.5. The van der Waals surface area contributed by atoms with Crippen molar-refractivity contribution >= 4 is 17.2 Å². The fourth-order valence-electron chi connectivity index (χ4n) is 5.73. The summed E-state index contributed by atoms with van der Waals surface area (Å²) < 4.78 is 48.2. The highest BCUT2D eigenvalue weighted by Gasteiger charge is 2.87. The Labute approximate surface area is 243 Å². The van der Waals surface area contributed by atoms with Crippen molar-refractivity contribution in [3.63, 3.8) is 0 Å². The molecule has 12 heteroatoms. The predicted octanol–water partition coefficient (Wildman–Crippen LogP) is 5.46. The zero-order valence-electron chi connectivity index (χ0n) is 21.8. The van der Waals surface area contributed by atoms with Crippen LogP contribution in [0.2, 0.25) is 0 Å². The van der Waals surface area contributed by atoms with E-state index in [2.05, 4.69) is 0 Å². The molecule has 0 amide bonds. The zero-order valence-corrected chi connectivity index (χ0v) is 23.6. The lowest BCUT2D eigenvalue weighted by Gasteiger charge is -2.56. The Hall–Kier alpha value is -2.66. The average Bonchev–Trinajstić information content (AvgIpc) is 3.46. The molecule has 6 aliphatic rings. The first-order chi connectivity index (χ1) is 20.5. The first kappa shape index (κ1) is 26.9. The summed E-state index contributed by atoms with van der Waals surface area (Å²) in [6.07, 6.45) is 0. The topological polar surface area (TPSA) is 114 Å². The minimum Gasteiger partial charge on any atom is -0.388 e. The van der Waals surface area contributed by atoms with Crippen LogP contribution in [0.1, 0.15) is 22.3 Å². The van der Waals surface area contributed by atoms with E-state index in [1.54, 1.807) is 0 Å². The molecule has 6 saturated heterocycles. The molecule has 4 bridgehead atoms. The summed E-state index contributed by atoms with van der Waals surface area (Å²) in [4.78, 5) is 0. The number of ether oxygens (including phenoxy) is 2. The maximum atomic E-state index is 13.5. The molecule has 1 spiro atoms. The Kier molecular flexibility index (Phi) is 6.20. The highest BCUT2D eigenvalue weighted by Crippen LogP contribution is 2.81. The molecule has 1 unspecified atom stereocenters. The van der Waals surface area contributed by atoms with Gasteiger partial charge in [0.15, 0.2) is 11.2 Å². The van der Waals surface area contributed by atoms with Crippen molar-refractivity contribution in [2.45, 2.75) is 29.1 Å². The van der Waals surface area contributed by atoms with Crippen LogP contribution < -0.4 is 0 Å². The molecule has 0 saturated carbocycles. The van der Waals surface area contributed by atoms with Crippen molar-refractivity contribution in [1.29, 1.82) is 0 Å². The number of aliphatic hydroxyl groups excluding tert-OH is 1. The lowest BCUT2D eigenvalue weighted by atomic mass is 9.66. The van der Waals surface area contributed by atoms with Gasteiger partial charge in [-0.3, -0.25) is 13.8 Å². The van der Waals surface area contributed by atoms with E-state index >= 15 is 0 Å². The van der Waals surface area contributed by atoms with Gasteiger partial charge in [-0.15, -0.1) is 0 Å². The van der Waals surface area contributed by atoms with Crippen molar-refractivity contribution in [3.8, 4) is 0 Å². The van der Waals surface area contributed by atoms with E-state index < -0.39 is 52.9 Å². The molecule has 4 aromatic carbocycles. The van der Waals surface area contributed by atoms with Gasteiger partial charge in [-0.1, -0.05) is 121 Å². The van der Waals surface area contributed by atoms with Crippen molar-refractivity contribution in [3.05, 3.63) is 144 Å². The van der Waals surface area contributed by atoms with Gasteiger partial charge in [0.2, 0.25) is 0 Å². The first-order valence-corrected chi connectivity index (χ1v) is 15.4. The van der Waals surface area contributed by atoms with Crippen LogP contribution >= 0.6 is 17.2 Å². The van der Waals surface area contributed by atoms with Gasteiger partial charge in [-0.2, -0.15) is 0 Å². The van der Waals surface area contributed by atoms with E-state index in [-0.39, 0.29) is 0 Å². The van der Waals surface area contributed by atoms with Crippen LogP contribution in [-0.4, -0.2) is 34.7 Å². The zero-order chi connectivity index (χ0) is 28.5. The van der Waals surface area contributed by atoms with Crippen LogP contribution in [0, 0.1) is 0 Å². The molecule has 1 atom stereocenters. The molecule has 6 fully saturated rings. The molecule has 6 aliphatic heterocycles. The minimum atomic E-state index is -2.16. The van der Waals surface area contributed by atoms with Crippen molar-refractivity contribution in [1.82, 2.24) is 0 Å². The lowest BCUT2D eigenvalue weighted by molar-refractivity contribution is -0.575. The van der Waals surface area contributed by atoms with Crippen LogP contribution in [0.15, 0.2) is 121 Å². The van der Waals surface area contributed by atoms with E-state index in [1.165, 1.54) is 0 Å². The summed E-state index contributed by atoms with van der Waals surface area (Å²) in [5, 5.41) is 23.5. The molecule has 2 N–H and O–H groups in total. The second kappa shape index (κ2) is 9.67. The van der Waals surface area contributed by atoms with Gasteiger partial charge < -0.3 is 14.9 Å². The molecular formula is C30H24O10P2. The molecule has 10 rings (SSSR count). The van der Waals surface area contributed by atoms with E-state index in [0.29, 0.717) is 22.3 Å². The predicted molar refractivity (Wildman–Crippen MR) is 147 cm³/mol. The summed E-state index contributed by atoms with van der Waals surface area (Å²) in [6, 6.07) is 37.1. The monoisotopic (exact) mass is 606 g/mol. The van der Waals surface area contributed by atoms with Gasteiger partial charge in [0.1, 0.15) is 6.61 Å². The SMILES string of the molecule is OCC12OP(O1)OC1(OP3OC1(OC(c1ccccc1)(c1ccccc1)C(O)(c1ccccc1)c1ccccc1)O3)O2. The molecule has 0 radical (unpaired) electrons. The standard InChI is InChI=1S/C30H24O10P2/c31-21-26-33-29(37-41(35-26)36-26)30(39-42(38-29)40-30)34-28(24-17-9-3-10-18-24,25-19-11-4-12-20-25)27(32,22-13-5-1-6-14-22)23-15-7-2-8-16-23/h1-20,31-32H,21H2. The smallest absolute Gasteiger partial charge is 0.388 e. The van der Waals surface area contributed by atoms with E-state index in [4.69, 9.17) is 36.6 Å². The summed E-state index contributed by atoms with van der Waals surface area (Å²) in [5.41, 5.74) is -1.48. The van der Waals surface area contributed by atoms with Gasteiger partial charge in [-0.25, -0.2) is 18.1 Å². The number of benzene rings is 4. The summed E-state index contributed by atoms with van der Waals surface area (Å²) in [5.74, 6) is -6.11. The van der Waals surface area contributed by atoms with Crippen LogP contribution in [-0.2, 0) is 47.8 Å². The van der Waals surface area contributed by atoms with Gasteiger partial charge in [0.25, 0.3) is 0 Å². The quantitative estimate of drug-likeness (QED) is 0.251. The highest BCUT2D eigenvalue weighted by molar-refractivity contribution is 7.44. The third-order valence-corrected chi connectivity index (χ3v) is 10.0. The molecule has 214 valence electrons. The third-order valence-electron chi connectivity index (χ3n) is 7.61. The summed E-state index contributed by atoms with van der Waals surface area (Å²) in [6.45, 7) is -0.644. The molecule has 0 aliphatic carbocycles. The Morgan fingerprint density at radius 1 is 0.571 bits per heavy atom. The fraction of sp³-hybridized carbons (Fsp3) is 0.200. The number of rotatable bonds is 8. The first-order valence-electron chi connectivity index (χ1n) is 13.2. The van der Waals surface area contributed by atoms with Gasteiger partial charge in [-0.05, 0) is 22.3 Å². The Morgan fingerprint density at radius 3 is 1.40 bits per heavy atom. The van der Waals surface area contributed by atoms with Crippen LogP contribution in [0.5, 0.6) is 0 Å². The number of aliphatic hydroxyl groups is 2. The maximum Gasteiger partial charge on any atom is 0.388 e. The van der Waals surface area contributed by atoms with E-state index in [1.807, 2.05) is 121 Å². The lowest BCUT2D eigenvalue weighted by Crippen LogP contribution is -2.71. The fourth-order valence-corrected chi connectivity index (χ4v) is 8.07. The average molecular weight is 606 g/mol. The Balaban J connectivity index is 1.41. The number of hydrogen-bond donors (Lipinski definition) is 2. The molecule has 4 aromatic rings. The number of hydrogen-bond acceptors (Lipinski definition) is 10. The van der Waals surface area contributed by atoms with Crippen LogP contribution in [0.4, 0.5) is 0 Å². The van der Waals surface area contributed by atoms with Crippen LogP contribution in [0.3, 0.4) is 0 Å². The highest BCUT2D eigenvalue weighted by atomic mass is 31.2. The van der Waals surface area contributed by atoms with E-state index in [9.17, 15) is 10.2 Å². The Bertz CT molecular complexity index is 1490. The second-order valence-electron chi connectivity index (χ2n) is 10.0. The van der Waals surface area contributed by atoms with Crippen LogP contribution in [0.25, 0.3) is 0 Å². The summed E-state index contributed by atoms with van der Waals surface area (Å²) >= 11 is 0. The normalized spacial score (nSPS) is 31.4. The van der Waals surface area contributed by atoms with Gasteiger partial charge >= 0.3 is 35.1 Å². The Morgan fingerprint density at radius 2 is 0.976 bits per heavy atom. The minimum absolute atomic E-state index is 0.533. The largest absolute Gasteiger partial charge is 0.388 e. The molecular weight excluding hydrogens is 582 g/mol. The van der Waals surface area contributed by atoms with Gasteiger partial charge in [0.05, 0.1) is 0 Å². The van der Waals surface area contributed by atoms with E-state index in [0.717, 1.165) is 0 Å².